The van der Waals surface area contributed by atoms with Gasteiger partial charge in [0.1, 0.15) is 6.61 Å². The van der Waals surface area contributed by atoms with Gasteiger partial charge in [0.25, 0.3) is 0 Å². The van der Waals surface area contributed by atoms with Crippen LogP contribution in [0.5, 0.6) is 0 Å². The third kappa shape index (κ3) is 3.75. The molecule has 1 aromatic rings. The maximum absolute atomic E-state index is 12.4. The van der Waals surface area contributed by atoms with Crippen molar-refractivity contribution in [3.05, 3.63) is 24.3 Å². The van der Waals surface area contributed by atoms with E-state index in [1.165, 1.54) is 4.90 Å². The molecule has 7 nitrogen and oxygen atoms in total. The van der Waals surface area contributed by atoms with Crippen molar-refractivity contribution in [2.45, 2.75) is 38.5 Å². The molecule has 2 amide bonds. The number of ether oxygens (including phenoxy) is 1. The molecule has 1 aliphatic carbocycles. The van der Waals surface area contributed by atoms with Gasteiger partial charge in [-0.3, -0.25) is 14.5 Å². The molecule has 1 heterocycles. The van der Waals surface area contributed by atoms with Gasteiger partial charge in [-0.05, 0) is 31.0 Å². The van der Waals surface area contributed by atoms with Gasteiger partial charge in [0, 0.05) is 17.8 Å². The minimum Gasteiger partial charge on any atom is -0.481 e. The minimum absolute atomic E-state index is 0.0294. The van der Waals surface area contributed by atoms with Crippen LogP contribution in [-0.2, 0) is 14.3 Å². The average molecular weight is 346 g/mol. The van der Waals surface area contributed by atoms with Crippen LogP contribution in [-0.4, -0.2) is 36.2 Å². The first kappa shape index (κ1) is 17.3. The summed E-state index contributed by atoms with van der Waals surface area (Å²) in [7, 11) is 0. The molecule has 7 heteroatoms. The first-order valence-electron chi connectivity index (χ1n) is 8.58. The average Bonchev–Trinajstić information content (AvgIpc) is 3.02. The predicted octanol–water partition coefficient (Wildman–Crippen LogP) is 3.01. The molecule has 2 fully saturated rings. The maximum Gasteiger partial charge on any atom is 0.414 e. The van der Waals surface area contributed by atoms with E-state index in [0.29, 0.717) is 37.4 Å². The van der Waals surface area contributed by atoms with Gasteiger partial charge >= 0.3 is 12.1 Å². The molecule has 1 saturated heterocycles. The third-order valence-electron chi connectivity index (χ3n) is 4.97. The summed E-state index contributed by atoms with van der Waals surface area (Å²) in [6.45, 7) is 0.814. The first-order chi connectivity index (χ1) is 12.0. The van der Waals surface area contributed by atoms with Crippen LogP contribution >= 0.6 is 0 Å². The van der Waals surface area contributed by atoms with Gasteiger partial charge in [0.05, 0.1) is 12.0 Å². The zero-order chi connectivity index (χ0) is 17.9. The number of nitrogens with zero attached hydrogens (tertiary/aromatic N) is 1. The molecule has 0 atom stereocenters. The van der Waals surface area contributed by atoms with E-state index in [1.807, 2.05) is 0 Å². The van der Waals surface area contributed by atoms with Crippen molar-refractivity contribution in [1.82, 2.24) is 0 Å². The Bertz CT molecular complexity index is 682. The first-order valence-corrected chi connectivity index (χ1v) is 8.58. The number of carbonyl (C=O) groups is 3. The maximum atomic E-state index is 12.4. The van der Waals surface area contributed by atoms with Crippen molar-refractivity contribution in [2.75, 3.05) is 23.4 Å². The van der Waals surface area contributed by atoms with E-state index in [2.05, 4.69) is 5.32 Å². The molecule has 0 spiro atoms. The van der Waals surface area contributed by atoms with Crippen molar-refractivity contribution in [3.63, 3.8) is 0 Å². The summed E-state index contributed by atoms with van der Waals surface area (Å²) in [6.07, 6.45) is 3.34. The standard InChI is InChI=1S/C18H22N2O5/c21-15(12-18(16(22)23)7-2-1-3-8-18)19-13-5-4-6-14(11-13)20-9-10-25-17(20)24/h4-6,11H,1-3,7-10,12H2,(H,19,21)(H,22,23). The summed E-state index contributed by atoms with van der Waals surface area (Å²) in [5.41, 5.74) is 0.225. The van der Waals surface area contributed by atoms with Crippen LogP contribution in [0.2, 0.25) is 0 Å². The Hall–Kier alpha value is -2.57. The second-order valence-electron chi connectivity index (χ2n) is 6.69. The molecule has 1 aromatic carbocycles. The highest BCUT2D eigenvalue weighted by Gasteiger charge is 2.41. The van der Waals surface area contributed by atoms with Crippen molar-refractivity contribution < 1.29 is 24.2 Å². The van der Waals surface area contributed by atoms with E-state index < -0.39 is 17.5 Å². The van der Waals surface area contributed by atoms with Crippen LogP contribution in [0.1, 0.15) is 38.5 Å². The summed E-state index contributed by atoms with van der Waals surface area (Å²) in [5, 5.41) is 12.3. The van der Waals surface area contributed by atoms with Gasteiger partial charge in [-0.2, -0.15) is 0 Å². The Labute approximate surface area is 146 Å². The zero-order valence-electron chi connectivity index (χ0n) is 14.0. The highest BCUT2D eigenvalue weighted by Crippen LogP contribution is 2.40. The number of hydrogen-bond acceptors (Lipinski definition) is 4. The fourth-order valence-electron chi connectivity index (χ4n) is 3.59. The monoisotopic (exact) mass is 346 g/mol. The molecule has 0 aromatic heterocycles. The number of benzene rings is 1. The second kappa shape index (κ2) is 7.13. The lowest BCUT2D eigenvalue weighted by Crippen LogP contribution is -2.37. The molecule has 1 saturated carbocycles. The molecule has 25 heavy (non-hydrogen) atoms. The fraction of sp³-hybridized carbons (Fsp3) is 0.500. The van der Waals surface area contributed by atoms with Gasteiger partial charge < -0.3 is 15.2 Å². The number of rotatable bonds is 5. The van der Waals surface area contributed by atoms with Gasteiger partial charge in [-0.25, -0.2) is 4.79 Å². The van der Waals surface area contributed by atoms with Crippen LogP contribution in [0.4, 0.5) is 16.2 Å². The molecule has 0 radical (unpaired) electrons. The van der Waals surface area contributed by atoms with Crippen LogP contribution in [0, 0.1) is 5.41 Å². The Kier molecular flexibility index (Phi) is 4.92. The Balaban J connectivity index is 1.68. The number of amides is 2. The zero-order valence-corrected chi connectivity index (χ0v) is 14.0. The summed E-state index contributed by atoms with van der Waals surface area (Å²) in [5.74, 6) is -1.21. The van der Waals surface area contributed by atoms with Gasteiger partial charge in [0.2, 0.25) is 5.91 Å². The molecular formula is C18H22N2O5. The van der Waals surface area contributed by atoms with Crippen molar-refractivity contribution >= 4 is 29.3 Å². The van der Waals surface area contributed by atoms with Crippen molar-refractivity contribution in [2.24, 2.45) is 5.41 Å². The van der Waals surface area contributed by atoms with E-state index in [4.69, 9.17) is 4.74 Å². The summed E-state index contributed by atoms with van der Waals surface area (Å²) in [6, 6.07) is 6.92. The van der Waals surface area contributed by atoms with Gasteiger partial charge in [-0.15, -0.1) is 0 Å². The summed E-state index contributed by atoms with van der Waals surface area (Å²) >= 11 is 0. The quantitative estimate of drug-likeness (QED) is 0.854. The molecule has 2 aliphatic rings. The highest BCUT2D eigenvalue weighted by atomic mass is 16.6. The van der Waals surface area contributed by atoms with Gasteiger partial charge in [0.15, 0.2) is 0 Å². The minimum atomic E-state index is -0.960. The van der Waals surface area contributed by atoms with Gasteiger partial charge in [-0.1, -0.05) is 25.3 Å². The number of cyclic esters (lactones) is 1. The molecule has 0 bridgehead atoms. The third-order valence-corrected chi connectivity index (χ3v) is 4.97. The molecule has 3 rings (SSSR count). The van der Waals surface area contributed by atoms with E-state index in [-0.39, 0.29) is 12.3 Å². The lowest BCUT2D eigenvalue weighted by atomic mass is 9.71. The lowest BCUT2D eigenvalue weighted by Gasteiger charge is -2.32. The Morgan fingerprint density at radius 1 is 1.24 bits per heavy atom. The van der Waals surface area contributed by atoms with Crippen molar-refractivity contribution in [1.29, 1.82) is 0 Å². The SMILES string of the molecule is O=C(CC1(C(=O)O)CCCCC1)Nc1cccc(N2CCOC2=O)c1. The predicted molar refractivity (Wildman–Crippen MR) is 91.5 cm³/mol. The largest absolute Gasteiger partial charge is 0.481 e. The fourth-order valence-corrected chi connectivity index (χ4v) is 3.59. The number of aliphatic carboxylic acids is 1. The Morgan fingerprint density at radius 2 is 2.00 bits per heavy atom. The van der Waals surface area contributed by atoms with Crippen LogP contribution in [0.25, 0.3) is 0 Å². The highest BCUT2D eigenvalue weighted by molar-refractivity contribution is 5.96. The number of carboxylic acids is 1. The number of carboxylic acid groups (broad SMARTS) is 1. The number of carbonyl (C=O) groups excluding carboxylic acids is 2. The van der Waals surface area contributed by atoms with Crippen molar-refractivity contribution in [3.8, 4) is 0 Å². The topological polar surface area (TPSA) is 95.9 Å². The molecule has 0 unspecified atom stereocenters. The number of nitrogens with one attached hydrogen (secondary N) is 1. The van der Waals surface area contributed by atoms with E-state index in [0.717, 1.165) is 19.3 Å². The van der Waals surface area contributed by atoms with Crippen LogP contribution < -0.4 is 10.2 Å². The van der Waals surface area contributed by atoms with Crippen LogP contribution in [0.15, 0.2) is 24.3 Å². The molecule has 1 aliphatic heterocycles. The number of hydrogen-bond donors (Lipinski definition) is 2. The summed E-state index contributed by atoms with van der Waals surface area (Å²) < 4.78 is 4.92. The second-order valence-corrected chi connectivity index (χ2v) is 6.69. The van der Waals surface area contributed by atoms with E-state index in [9.17, 15) is 19.5 Å². The molecule has 2 N–H and O–H groups in total. The lowest BCUT2D eigenvalue weighted by molar-refractivity contribution is -0.153. The van der Waals surface area contributed by atoms with Crippen LogP contribution in [0.3, 0.4) is 0 Å². The van der Waals surface area contributed by atoms with E-state index in [1.54, 1.807) is 24.3 Å². The molecule has 134 valence electrons. The summed E-state index contributed by atoms with van der Waals surface area (Å²) in [4.78, 5) is 37.2. The number of anilines is 2. The smallest absolute Gasteiger partial charge is 0.414 e. The molecular weight excluding hydrogens is 324 g/mol. The normalized spacial score (nSPS) is 19.4. The van der Waals surface area contributed by atoms with E-state index >= 15 is 0 Å². The Morgan fingerprint density at radius 3 is 2.64 bits per heavy atom.